The molecule has 1 N–H and O–H groups in total. The number of fused-ring (bicyclic) bond motifs is 2. The van der Waals surface area contributed by atoms with Crippen LogP contribution in [0.4, 0.5) is 0 Å². The number of rotatable bonds is 7. The maximum Gasteiger partial charge on any atom is 0.304 e. The molecule has 3 aromatic rings. The number of nitrogens with zero attached hydrogens (tertiary/aromatic N) is 2. The number of hydrogen-bond acceptors (Lipinski definition) is 8. The number of amides is 1. The van der Waals surface area contributed by atoms with Crippen molar-refractivity contribution in [2.45, 2.75) is 78.4 Å². The number of furan rings is 1. The zero-order valence-electron chi connectivity index (χ0n) is 27.0. The van der Waals surface area contributed by atoms with E-state index in [4.69, 9.17) is 23.6 Å². The van der Waals surface area contributed by atoms with E-state index in [0.717, 1.165) is 48.1 Å². The third kappa shape index (κ3) is 6.54. The van der Waals surface area contributed by atoms with Crippen LogP contribution in [0.3, 0.4) is 0 Å². The number of ether oxygens (including phenoxy) is 3. The van der Waals surface area contributed by atoms with Gasteiger partial charge in [-0.15, -0.1) is 0 Å². The van der Waals surface area contributed by atoms with Gasteiger partial charge in [-0.3, -0.25) is 4.79 Å². The Morgan fingerprint density at radius 2 is 1.82 bits per heavy atom. The van der Waals surface area contributed by atoms with E-state index in [1.54, 1.807) is 6.07 Å². The van der Waals surface area contributed by atoms with Crippen LogP contribution in [0.1, 0.15) is 79.8 Å². The first-order chi connectivity index (χ1) is 21.2. The molecular weight excluding hydrogens is 594 g/mol. The molecule has 11 heteroatoms. The molecule has 1 amide bonds. The van der Waals surface area contributed by atoms with Crippen molar-refractivity contribution in [3.05, 3.63) is 52.3 Å². The molecule has 0 spiro atoms. The average Bonchev–Trinajstić information content (AvgIpc) is 3.31. The van der Waals surface area contributed by atoms with E-state index in [2.05, 4.69) is 38.5 Å². The van der Waals surface area contributed by atoms with Crippen LogP contribution in [0.15, 0.2) is 28.7 Å². The molecule has 0 unspecified atom stereocenters. The number of aryl methyl sites for hydroxylation is 1. The van der Waals surface area contributed by atoms with Gasteiger partial charge in [0.05, 0.1) is 47.5 Å². The lowest BCUT2D eigenvalue weighted by molar-refractivity contribution is -0.175. The third-order valence-corrected chi connectivity index (χ3v) is 10.3. The highest BCUT2D eigenvalue weighted by atomic mass is 32.2. The van der Waals surface area contributed by atoms with E-state index in [-0.39, 0.29) is 49.0 Å². The van der Waals surface area contributed by atoms with E-state index in [1.807, 2.05) is 32.1 Å². The maximum atomic E-state index is 14.0. The van der Waals surface area contributed by atoms with Crippen molar-refractivity contribution < 1.29 is 31.8 Å². The molecule has 4 heterocycles. The second-order valence-corrected chi connectivity index (χ2v) is 15.3. The lowest BCUT2D eigenvalue weighted by Gasteiger charge is -2.45. The molecule has 2 aromatic heterocycles. The Morgan fingerprint density at radius 1 is 1.11 bits per heavy atom. The molecule has 45 heavy (non-hydrogen) atoms. The van der Waals surface area contributed by atoms with Gasteiger partial charge in [-0.25, -0.2) is 9.71 Å². The van der Waals surface area contributed by atoms with Crippen LogP contribution in [0.2, 0.25) is 0 Å². The summed E-state index contributed by atoms with van der Waals surface area (Å²) in [5.41, 5.74) is 3.48. The normalized spacial score (nSPS) is 20.2. The molecule has 1 aliphatic carbocycles. The Morgan fingerprint density at radius 3 is 2.51 bits per heavy atom. The predicted molar refractivity (Wildman–Crippen MR) is 173 cm³/mol. The SMILES string of the molecule is Cc1c(-c2cc(C(=O)NS(=O)(=O)N3CCOCC3)c3c(OCC4CC(C)(C)OC(C)(C)C4)ccc(C)c3n2)oc2c1CCC=C2. The Kier molecular flexibility index (Phi) is 8.34. The number of pyridine rings is 1. The van der Waals surface area contributed by atoms with Gasteiger partial charge in [0.2, 0.25) is 0 Å². The number of morpholine rings is 1. The molecule has 0 bridgehead atoms. The summed E-state index contributed by atoms with van der Waals surface area (Å²) in [7, 11) is -4.12. The Balaban J connectivity index is 1.43. The predicted octanol–water partition coefficient (Wildman–Crippen LogP) is 5.74. The zero-order valence-corrected chi connectivity index (χ0v) is 27.8. The fraction of sp³-hybridized carbons (Fsp3) is 0.529. The molecule has 1 aromatic carbocycles. The molecular formula is C34H43N3O7S. The van der Waals surface area contributed by atoms with Gasteiger partial charge in [0.1, 0.15) is 17.2 Å². The van der Waals surface area contributed by atoms with Crippen LogP contribution in [0.25, 0.3) is 28.4 Å². The molecule has 0 radical (unpaired) electrons. The first kappa shape index (κ1) is 31.7. The number of hydrogen-bond donors (Lipinski definition) is 1. The standard InChI is InChI=1S/C34H43N3O7S/c1-21-11-12-28(42-20-23-18-33(3,4)44-34(5,6)19-23)29-25(32(38)36-45(39,40)37-13-15-41-16-14-37)17-26(35-30(21)29)31-22(2)24-9-7-8-10-27(24)43-31/h8,10-12,17,23H,7,9,13-16,18-20H2,1-6H3,(H,36,38). The average molecular weight is 638 g/mol. The second kappa shape index (κ2) is 11.8. The molecule has 3 aliphatic rings. The van der Waals surface area contributed by atoms with Crippen molar-refractivity contribution >= 4 is 33.1 Å². The maximum absolute atomic E-state index is 14.0. The number of benzene rings is 1. The van der Waals surface area contributed by atoms with Crippen molar-refractivity contribution in [1.82, 2.24) is 14.0 Å². The first-order valence-electron chi connectivity index (χ1n) is 15.7. The molecule has 0 atom stereocenters. The highest BCUT2D eigenvalue weighted by molar-refractivity contribution is 7.87. The monoisotopic (exact) mass is 637 g/mol. The van der Waals surface area contributed by atoms with Crippen molar-refractivity contribution in [3.63, 3.8) is 0 Å². The van der Waals surface area contributed by atoms with Gasteiger partial charge in [0.15, 0.2) is 5.76 Å². The fourth-order valence-electron chi connectivity index (χ4n) is 7.18. The van der Waals surface area contributed by atoms with E-state index in [0.29, 0.717) is 34.7 Å². The smallest absolute Gasteiger partial charge is 0.304 e. The van der Waals surface area contributed by atoms with Gasteiger partial charge in [-0.05, 0) is 96.9 Å². The van der Waals surface area contributed by atoms with E-state index >= 15 is 0 Å². The number of nitrogens with one attached hydrogen (secondary N) is 1. The quantitative estimate of drug-likeness (QED) is 0.348. The lowest BCUT2D eigenvalue weighted by Crippen LogP contribution is -2.48. The summed E-state index contributed by atoms with van der Waals surface area (Å²) in [6, 6.07) is 5.38. The van der Waals surface area contributed by atoms with Crippen LogP contribution in [0.5, 0.6) is 5.75 Å². The molecule has 0 saturated carbocycles. The minimum Gasteiger partial charge on any atom is -0.493 e. The molecule has 2 aliphatic heterocycles. The first-order valence-corrected chi connectivity index (χ1v) is 17.1. The van der Waals surface area contributed by atoms with E-state index < -0.39 is 16.1 Å². The molecule has 10 nitrogen and oxygen atoms in total. The molecule has 242 valence electrons. The van der Waals surface area contributed by atoms with Crippen molar-refractivity contribution in [2.75, 3.05) is 32.9 Å². The Hall–Kier alpha value is -3.25. The lowest BCUT2D eigenvalue weighted by atomic mass is 9.81. The molecule has 2 fully saturated rings. The minimum atomic E-state index is -4.12. The van der Waals surface area contributed by atoms with Crippen molar-refractivity contribution in [2.24, 2.45) is 5.92 Å². The minimum absolute atomic E-state index is 0.155. The van der Waals surface area contributed by atoms with E-state index in [9.17, 15) is 13.2 Å². The summed E-state index contributed by atoms with van der Waals surface area (Å²) in [5.74, 6) is 1.29. The third-order valence-electron chi connectivity index (χ3n) is 8.85. The summed E-state index contributed by atoms with van der Waals surface area (Å²) >= 11 is 0. The molecule has 6 rings (SSSR count). The van der Waals surface area contributed by atoms with E-state index in [1.165, 1.54) is 4.31 Å². The van der Waals surface area contributed by atoms with Crippen molar-refractivity contribution in [3.8, 4) is 17.2 Å². The van der Waals surface area contributed by atoms with Crippen LogP contribution >= 0.6 is 0 Å². The van der Waals surface area contributed by atoms with Gasteiger partial charge in [0.25, 0.3) is 5.91 Å². The zero-order chi connectivity index (χ0) is 32.1. The topological polar surface area (TPSA) is 120 Å². The van der Waals surface area contributed by atoms with Crippen LogP contribution < -0.4 is 9.46 Å². The summed E-state index contributed by atoms with van der Waals surface area (Å²) in [5, 5.41) is 0.466. The number of allylic oxidation sites excluding steroid dienone is 1. The Labute approximate surface area is 265 Å². The number of aromatic nitrogens is 1. The second-order valence-electron chi connectivity index (χ2n) is 13.7. The van der Waals surface area contributed by atoms with Gasteiger partial charge in [-0.1, -0.05) is 12.1 Å². The summed E-state index contributed by atoms with van der Waals surface area (Å²) in [6.07, 6.45) is 7.47. The fourth-order valence-corrected chi connectivity index (χ4v) is 8.28. The van der Waals surface area contributed by atoms with Gasteiger partial charge in [-0.2, -0.15) is 12.7 Å². The highest BCUT2D eigenvalue weighted by Crippen LogP contribution is 2.41. The highest BCUT2D eigenvalue weighted by Gasteiger charge is 2.39. The summed E-state index contributed by atoms with van der Waals surface area (Å²) < 4.78 is 54.5. The summed E-state index contributed by atoms with van der Waals surface area (Å²) in [4.78, 5) is 19.0. The van der Waals surface area contributed by atoms with Gasteiger partial charge in [0, 0.05) is 24.2 Å². The van der Waals surface area contributed by atoms with Crippen LogP contribution in [0, 0.1) is 19.8 Å². The van der Waals surface area contributed by atoms with Gasteiger partial charge < -0.3 is 18.6 Å². The largest absolute Gasteiger partial charge is 0.493 e. The van der Waals surface area contributed by atoms with Gasteiger partial charge >= 0.3 is 10.2 Å². The molecule has 2 saturated heterocycles. The van der Waals surface area contributed by atoms with Crippen molar-refractivity contribution in [1.29, 1.82) is 0 Å². The van der Waals surface area contributed by atoms with Crippen LogP contribution in [-0.4, -0.2) is 67.7 Å². The summed E-state index contributed by atoms with van der Waals surface area (Å²) in [6.45, 7) is 13.6. The number of carbonyl (C=O) groups is 1. The Bertz CT molecular complexity index is 1750. The van der Waals surface area contributed by atoms with Crippen LogP contribution in [-0.2, 0) is 26.1 Å². The number of carbonyl (C=O) groups excluding carboxylic acids is 1.